The van der Waals surface area contributed by atoms with E-state index in [0.29, 0.717) is 48.1 Å². The molecule has 0 radical (unpaired) electrons. The van der Waals surface area contributed by atoms with E-state index in [4.69, 9.17) is 14.7 Å². The fourth-order valence-corrected chi connectivity index (χ4v) is 10.5. The first kappa shape index (κ1) is 43.4. The molecule has 3 atom stereocenters. The maximum absolute atomic E-state index is 13.9. The number of fused-ring (bicyclic) bond motifs is 8. The normalized spacial score (nSPS) is 22.5. The molecule has 3 fully saturated rings. The molecule has 0 saturated carbocycles. The Hall–Kier alpha value is -6.46. The van der Waals surface area contributed by atoms with Gasteiger partial charge >= 0.3 is 0 Å². The number of rotatable bonds is 7. The summed E-state index contributed by atoms with van der Waals surface area (Å²) in [5.74, 6) is -0.163. The van der Waals surface area contributed by atoms with Crippen molar-refractivity contribution in [3.8, 4) is 17.1 Å². The Labute approximate surface area is 383 Å². The number of hydrogen-bond acceptors (Lipinski definition) is 12. The van der Waals surface area contributed by atoms with Gasteiger partial charge in [0.1, 0.15) is 6.04 Å². The van der Waals surface area contributed by atoms with Crippen LogP contribution in [0.3, 0.4) is 0 Å². The Kier molecular flexibility index (Phi) is 11.9. The molecule has 2 aromatic carbocycles. The molecule has 17 heteroatoms. The first-order chi connectivity index (χ1) is 31.9. The first-order valence-electron chi connectivity index (χ1n) is 23.5. The number of piperidine rings is 3. The number of nitrogens with one attached hydrogen (secondary N) is 3. The third-order valence-electron chi connectivity index (χ3n) is 13.9. The molecule has 0 aliphatic carbocycles. The van der Waals surface area contributed by atoms with E-state index in [9.17, 15) is 24.0 Å². The van der Waals surface area contributed by atoms with Crippen molar-refractivity contribution < 1.29 is 28.7 Å². The molecule has 66 heavy (non-hydrogen) atoms. The minimum atomic E-state index is -0.981. The van der Waals surface area contributed by atoms with Gasteiger partial charge < -0.3 is 19.5 Å². The number of imidazole rings is 1. The summed E-state index contributed by atoms with van der Waals surface area (Å²) in [5, 5.41) is 13.5. The van der Waals surface area contributed by atoms with Crippen molar-refractivity contribution in [3.63, 3.8) is 0 Å². The van der Waals surface area contributed by atoms with Crippen LogP contribution in [0, 0.1) is 18.8 Å². The summed E-state index contributed by atoms with van der Waals surface area (Å²) < 4.78 is 10.2. The number of imide groups is 2. The monoisotopic (exact) mass is 895 g/mol. The molecule has 8 heterocycles. The van der Waals surface area contributed by atoms with Crippen LogP contribution in [0.2, 0.25) is 0 Å². The molecule has 3 N–H and O–H groups in total. The van der Waals surface area contributed by atoms with Crippen LogP contribution in [0.15, 0.2) is 54.7 Å². The molecule has 3 saturated heterocycles. The summed E-state index contributed by atoms with van der Waals surface area (Å²) in [6, 6.07) is 14.5. The highest BCUT2D eigenvalue weighted by Crippen LogP contribution is 2.33. The van der Waals surface area contributed by atoms with Crippen molar-refractivity contribution in [2.45, 2.75) is 90.4 Å². The quantitative estimate of drug-likeness (QED) is 0.177. The van der Waals surface area contributed by atoms with Gasteiger partial charge in [-0.3, -0.25) is 49.4 Å². The number of nitrogens with zero attached hydrogens (tertiary/aromatic N) is 8. The average Bonchev–Trinajstić information content (AvgIpc) is 3.91. The highest BCUT2D eigenvalue weighted by molar-refractivity contribution is 6.23. The predicted molar refractivity (Wildman–Crippen MR) is 247 cm³/mol. The van der Waals surface area contributed by atoms with Gasteiger partial charge in [-0.2, -0.15) is 5.10 Å². The van der Waals surface area contributed by atoms with E-state index in [2.05, 4.69) is 60.5 Å². The Morgan fingerprint density at radius 2 is 1.65 bits per heavy atom. The highest BCUT2D eigenvalue weighted by Gasteiger charge is 2.45. The molecule has 5 amide bonds. The molecule has 10 rings (SSSR count). The second kappa shape index (κ2) is 18.1. The SMILES string of the molecule is Cc1cc2cc(n1)-c1cnn(C)c1OCCC[C@@H](C)Cn1c(nc3ccc(CN4CCC(CN5CCC[C@H](Nc6ccc7c(c6)C(=O)N(C6CCC(=O)NC6=O)C7=O)C5)CC4)cc31)NC2=O. The van der Waals surface area contributed by atoms with Crippen LogP contribution < -0.4 is 20.7 Å². The van der Waals surface area contributed by atoms with Crippen LogP contribution in [0.1, 0.15) is 101 Å². The van der Waals surface area contributed by atoms with Crippen LogP contribution in [-0.2, 0) is 29.7 Å². The van der Waals surface area contributed by atoms with Crippen molar-refractivity contribution in [2.75, 3.05) is 50.0 Å². The van der Waals surface area contributed by atoms with Gasteiger partial charge in [0.2, 0.25) is 23.6 Å². The number of carbonyl (C=O) groups is 5. The van der Waals surface area contributed by atoms with Gasteiger partial charge in [-0.05, 0) is 131 Å². The standard InChI is InChI=1S/C49H57N11O6/c1-29-6-5-19-66-48-38(24-50-56(48)3)40-22-33(20-30(2)51-40)44(62)55-49-53-39-11-8-32(21-42(39)59(49)25-29)27-57-17-14-31(15-18-57)26-58-16-4-7-35(28-58)52-34-9-10-36-37(23-34)47(65)60(46(36)64)41-12-13-43(61)54-45(41)63/h8-11,20-24,29,31,35,41,52H,4-7,12-19,25-28H2,1-3H3,(H,53,55,62)(H,54,61,63)/t29-,35+,41?/m1/s1. The van der Waals surface area contributed by atoms with Crippen LogP contribution >= 0.6 is 0 Å². The number of ether oxygens (including phenoxy) is 1. The average molecular weight is 896 g/mol. The lowest BCUT2D eigenvalue weighted by molar-refractivity contribution is -0.136. The zero-order valence-electron chi connectivity index (χ0n) is 37.8. The number of amides is 5. The molecule has 17 nitrogen and oxygen atoms in total. The topological polar surface area (TPSA) is 189 Å². The number of anilines is 2. The van der Waals surface area contributed by atoms with E-state index in [1.807, 2.05) is 20.0 Å². The van der Waals surface area contributed by atoms with Crippen molar-refractivity contribution >= 4 is 52.2 Å². The van der Waals surface area contributed by atoms with Crippen LogP contribution in [0.5, 0.6) is 5.88 Å². The zero-order valence-corrected chi connectivity index (χ0v) is 37.8. The maximum Gasteiger partial charge on any atom is 0.262 e. The molecular formula is C49H57N11O6. The Morgan fingerprint density at radius 1 is 0.818 bits per heavy atom. The minimum absolute atomic E-state index is 0.0887. The summed E-state index contributed by atoms with van der Waals surface area (Å²) in [6.45, 7) is 11.2. The summed E-state index contributed by atoms with van der Waals surface area (Å²) in [5.41, 5.74) is 7.04. The number of aromatic nitrogens is 5. The van der Waals surface area contributed by atoms with Crippen molar-refractivity contribution in [1.29, 1.82) is 0 Å². The van der Waals surface area contributed by atoms with E-state index >= 15 is 0 Å². The second-order valence-electron chi connectivity index (χ2n) is 19.0. The van der Waals surface area contributed by atoms with Crippen molar-refractivity contribution in [1.82, 2.24) is 44.3 Å². The van der Waals surface area contributed by atoms with Gasteiger partial charge in [-0.25, -0.2) is 9.67 Å². The number of likely N-dealkylation sites (tertiary alicyclic amines) is 2. The van der Waals surface area contributed by atoms with Crippen LogP contribution in [0.25, 0.3) is 22.3 Å². The van der Waals surface area contributed by atoms with Gasteiger partial charge in [-0.15, -0.1) is 0 Å². The smallest absolute Gasteiger partial charge is 0.262 e. The van der Waals surface area contributed by atoms with Crippen molar-refractivity contribution in [3.05, 3.63) is 82.7 Å². The van der Waals surface area contributed by atoms with E-state index in [-0.39, 0.29) is 35.9 Å². The van der Waals surface area contributed by atoms with E-state index in [1.165, 1.54) is 5.56 Å². The zero-order chi connectivity index (χ0) is 45.6. The molecule has 2 bridgehead atoms. The second-order valence-corrected chi connectivity index (χ2v) is 19.0. The van der Waals surface area contributed by atoms with Gasteiger partial charge in [0, 0.05) is 62.6 Å². The van der Waals surface area contributed by atoms with E-state index < -0.39 is 29.7 Å². The summed E-state index contributed by atoms with van der Waals surface area (Å²) >= 11 is 0. The van der Waals surface area contributed by atoms with Gasteiger partial charge in [0.25, 0.3) is 17.7 Å². The minimum Gasteiger partial charge on any atom is -0.477 e. The molecule has 0 spiro atoms. The fourth-order valence-electron chi connectivity index (χ4n) is 10.5. The lowest BCUT2D eigenvalue weighted by atomic mass is 9.94. The number of aryl methyl sites for hydroxylation is 2. The maximum atomic E-state index is 13.9. The molecule has 5 aliphatic heterocycles. The van der Waals surface area contributed by atoms with E-state index in [1.54, 1.807) is 35.1 Å². The van der Waals surface area contributed by atoms with Crippen molar-refractivity contribution in [2.24, 2.45) is 18.9 Å². The Bertz CT molecular complexity index is 2740. The third-order valence-corrected chi connectivity index (χ3v) is 13.9. The molecular weight excluding hydrogens is 839 g/mol. The summed E-state index contributed by atoms with van der Waals surface area (Å²) in [4.78, 5) is 80.5. The van der Waals surface area contributed by atoms with Gasteiger partial charge in [0.05, 0.1) is 46.2 Å². The number of benzene rings is 2. The fraction of sp³-hybridized carbons (Fsp3) is 0.469. The largest absolute Gasteiger partial charge is 0.477 e. The molecule has 5 aromatic rings. The number of carbonyl (C=O) groups excluding carboxylic acids is 5. The molecule has 1 unspecified atom stereocenters. The van der Waals surface area contributed by atoms with E-state index in [0.717, 1.165) is 111 Å². The van der Waals surface area contributed by atoms with Crippen LogP contribution in [-0.4, -0.2) is 120 Å². The lowest BCUT2D eigenvalue weighted by Crippen LogP contribution is -2.54. The highest BCUT2D eigenvalue weighted by atomic mass is 16.5. The summed E-state index contributed by atoms with van der Waals surface area (Å²) in [6.07, 6.45) is 8.07. The predicted octanol–water partition coefficient (Wildman–Crippen LogP) is 5.39. The Balaban J connectivity index is 0.759. The first-order valence-corrected chi connectivity index (χ1v) is 23.5. The molecule has 3 aromatic heterocycles. The molecule has 344 valence electrons. The van der Waals surface area contributed by atoms with Gasteiger partial charge in [0.15, 0.2) is 0 Å². The Morgan fingerprint density at radius 3 is 2.48 bits per heavy atom. The number of pyridine rings is 1. The lowest BCUT2D eigenvalue weighted by Gasteiger charge is -2.38. The van der Waals surface area contributed by atoms with Gasteiger partial charge in [-0.1, -0.05) is 13.0 Å². The summed E-state index contributed by atoms with van der Waals surface area (Å²) in [7, 11) is 1.85. The van der Waals surface area contributed by atoms with Crippen LogP contribution in [0.4, 0.5) is 11.6 Å². The molecule has 5 aliphatic rings. The third kappa shape index (κ3) is 8.80. The number of hydrogen-bond donors (Lipinski definition) is 3.